The largest absolute Gasteiger partial charge is 0.389 e. The molecule has 7 atom stereocenters. The van der Waals surface area contributed by atoms with Crippen LogP contribution in [0.5, 0.6) is 0 Å². The maximum absolute atomic E-state index is 11.6. The molecule has 5 fully saturated rings. The van der Waals surface area contributed by atoms with Gasteiger partial charge in [-0.2, -0.15) is 0 Å². The van der Waals surface area contributed by atoms with Crippen LogP contribution < -0.4 is 0 Å². The van der Waals surface area contributed by atoms with Gasteiger partial charge in [-0.1, -0.05) is 6.42 Å². The van der Waals surface area contributed by atoms with Gasteiger partial charge in [-0.25, -0.2) is 0 Å². The van der Waals surface area contributed by atoms with Crippen LogP contribution in [-0.4, -0.2) is 36.1 Å². The smallest absolute Gasteiger partial charge is 0.0940 e. The summed E-state index contributed by atoms with van der Waals surface area (Å²) in [5.41, 5.74) is -0.439. The summed E-state index contributed by atoms with van der Waals surface area (Å²) in [6.07, 6.45) is 9.73. The summed E-state index contributed by atoms with van der Waals surface area (Å²) >= 11 is 0. The fourth-order valence-electron chi connectivity index (χ4n) is 6.95. The zero-order valence-corrected chi connectivity index (χ0v) is 12.9. The second-order valence-electron chi connectivity index (χ2n) is 8.58. The third-order valence-corrected chi connectivity index (χ3v) is 7.80. The van der Waals surface area contributed by atoms with E-state index in [2.05, 4.69) is 0 Å². The summed E-state index contributed by atoms with van der Waals surface area (Å²) in [6, 6.07) is 0. The first-order valence-corrected chi connectivity index (χ1v) is 9.14. The van der Waals surface area contributed by atoms with Crippen LogP contribution in [0.4, 0.5) is 0 Å². The molecule has 5 aliphatic rings. The highest BCUT2D eigenvalue weighted by molar-refractivity contribution is 5.13. The number of aliphatic hydroxyl groups is 1. The van der Waals surface area contributed by atoms with E-state index in [4.69, 9.17) is 9.47 Å². The molecule has 1 spiro atoms. The van der Waals surface area contributed by atoms with Crippen molar-refractivity contribution in [2.24, 2.45) is 29.6 Å². The van der Waals surface area contributed by atoms with Crippen molar-refractivity contribution in [3.8, 4) is 0 Å². The van der Waals surface area contributed by atoms with Crippen molar-refractivity contribution < 1.29 is 14.6 Å². The van der Waals surface area contributed by atoms with Crippen molar-refractivity contribution in [2.75, 3.05) is 19.8 Å². The van der Waals surface area contributed by atoms with E-state index in [1.807, 2.05) is 0 Å². The van der Waals surface area contributed by atoms with E-state index in [1.165, 1.54) is 25.7 Å². The second-order valence-corrected chi connectivity index (χ2v) is 8.58. The van der Waals surface area contributed by atoms with Crippen molar-refractivity contribution in [1.82, 2.24) is 0 Å². The highest BCUT2D eigenvalue weighted by Crippen LogP contribution is 2.65. The van der Waals surface area contributed by atoms with Gasteiger partial charge in [0.15, 0.2) is 0 Å². The van der Waals surface area contributed by atoms with Gasteiger partial charge in [0, 0.05) is 19.6 Å². The summed E-state index contributed by atoms with van der Waals surface area (Å²) in [5.74, 6) is 3.67. The summed E-state index contributed by atoms with van der Waals surface area (Å²) < 4.78 is 11.7. The van der Waals surface area contributed by atoms with Crippen LogP contribution in [0.3, 0.4) is 0 Å². The Kier molecular flexibility index (Phi) is 2.83. The second kappa shape index (κ2) is 4.46. The zero-order valence-electron chi connectivity index (χ0n) is 12.9. The Morgan fingerprint density at radius 2 is 1.90 bits per heavy atom. The molecule has 3 aliphatic carbocycles. The molecular weight excluding hydrogens is 264 g/mol. The van der Waals surface area contributed by atoms with Gasteiger partial charge in [-0.3, -0.25) is 0 Å². The number of hydrogen-bond acceptors (Lipinski definition) is 3. The van der Waals surface area contributed by atoms with Crippen LogP contribution in [0.2, 0.25) is 0 Å². The molecule has 2 aliphatic heterocycles. The molecular formula is C18H28O3. The summed E-state index contributed by atoms with van der Waals surface area (Å²) in [4.78, 5) is 0. The Balaban J connectivity index is 1.40. The first kappa shape index (κ1) is 13.3. The van der Waals surface area contributed by atoms with E-state index in [9.17, 15) is 5.11 Å². The summed E-state index contributed by atoms with van der Waals surface area (Å²) in [5, 5.41) is 11.6. The third kappa shape index (κ3) is 1.77. The molecule has 0 aromatic carbocycles. The van der Waals surface area contributed by atoms with Crippen LogP contribution >= 0.6 is 0 Å². The quantitative estimate of drug-likeness (QED) is 0.807. The summed E-state index contributed by atoms with van der Waals surface area (Å²) in [6.45, 7) is 2.41. The molecule has 0 radical (unpaired) electrons. The average Bonchev–Trinajstić information content (AvgIpc) is 3.20. The van der Waals surface area contributed by atoms with Crippen LogP contribution in [-0.2, 0) is 9.47 Å². The fourth-order valence-corrected chi connectivity index (χ4v) is 6.95. The van der Waals surface area contributed by atoms with Crippen LogP contribution in [0.25, 0.3) is 0 Å². The van der Waals surface area contributed by atoms with E-state index >= 15 is 0 Å². The molecule has 2 bridgehead atoms. The highest BCUT2D eigenvalue weighted by atomic mass is 16.6. The number of rotatable bonds is 1. The lowest BCUT2D eigenvalue weighted by Gasteiger charge is -2.49. The van der Waals surface area contributed by atoms with E-state index < -0.39 is 0 Å². The Hall–Kier alpha value is -0.120. The monoisotopic (exact) mass is 292 g/mol. The van der Waals surface area contributed by atoms with Gasteiger partial charge in [0.25, 0.3) is 0 Å². The van der Waals surface area contributed by atoms with Gasteiger partial charge in [-0.15, -0.1) is 0 Å². The fraction of sp³-hybridized carbons (Fsp3) is 1.00. The molecule has 2 saturated heterocycles. The normalized spacial score (nSPS) is 59.0. The first-order chi connectivity index (χ1) is 10.2. The lowest BCUT2D eigenvalue weighted by Crippen LogP contribution is -2.53. The van der Waals surface area contributed by atoms with Crippen molar-refractivity contribution >= 4 is 0 Å². The van der Waals surface area contributed by atoms with E-state index in [0.717, 1.165) is 63.3 Å². The van der Waals surface area contributed by atoms with Gasteiger partial charge >= 0.3 is 0 Å². The zero-order chi connectivity index (χ0) is 14.1. The maximum atomic E-state index is 11.6. The minimum Gasteiger partial charge on any atom is -0.389 e. The number of ether oxygens (including phenoxy) is 2. The van der Waals surface area contributed by atoms with Crippen molar-refractivity contribution in [1.29, 1.82) is 0 Å². The van der Waals surface area contributed by atoms with Crippen LogP contribution in [0.1, 0.15) is 51.4 Å². The molecule has 3 saturated carbocycles. The van der Waals surface area contributed by atoms with E-state index in [-0.39, 0.29) is 11.2 Å². The molecule has 1 N–H and O–H groups in total. The molecule has 0 amide bonds. The molecule has 0 aromatic rings. The number of fused-ring (bicyclic) bond motifs is 5. The van der Waals surface area contributed by atoms with Crippen molar-refractivity contribution in [3.05, 3.63) is 0 Å². The van der Waals surface area contributed by atoms with Crippen LogP contribution in [0.15, 0.2) is 0 Å². The standard InChI is InChI=1S/C18H28O3/c19-18(9-12-8-16(18)15-3-1-2-14(12)15)13-4-6-21-17(10-13)5-7-20-11-17/h12-16,19H,1-11H2. The van der Waals surface area contributed by atoms with Crippen LogP contribution in [0, 0.1) is 29.6 Å². The van der Waals surface area contributed by atoms with E-state index in [0.29, 0.717) is 11.8 Å². The Morgan fingerprint density at radius 1 is 1.00 bits per heavy atom. The third-order valence-electron chi connectivity index (χ3n) is 7.80. The van der Waals surface area contributed by atoms with Crippen molar-refractivity contribution in [2.45, 2.75) is 62.6 Å². The van der Waals surface area contributed by atoms with Gasteiger partial charge in [-0.05, 0) is 68.1 Å². The molecule has 118 valence electrons. The predicted molar refractivity (Wildman–Crippen MR) is 78.8 cm³/mol. The van der Waals surface area contributed by atoms with Gasteiger partial charge in [0.05, 0.1) is 17.8 Å². The lowest BCUT2D eigenvalue weighted by atomic mass is 9.64. The lowest BCUT2D eigenvalue weighted by molar-refractivity contribution is -0.166. The maximum Gasteiger partial charge on any atom is 0.0940 e. The topological polar surface area (TPSA) is 38.7 Å². The molecule has 0 aromatic heterocycles. The Morgan fingerprint density at radius 3 is 2.76 bits per heavy atom. The highest BCUT2D eigenvalue weighted by Gasteiger charge is 2.63. The predicted octanol–water partition coefficient (Wildman–Crippen LogP) is 2.76. The SMILES string of the molecule is OC1(C2CCOC3(CCOC3)C2)CC2CC1C1CCCC21. The van der Waals surface area contributed by atoms with E-state index in [1.54, 1.807) is 0 Å². The molecule has 21 heavy (non-hydrogen) atoms. The number of hydrogen-bond donors (Lipinski definition) is 1. The van der Waals surface area contributed by atoms with Gasteiger partial charge in [0.2, 0.25) is 0 Å². The van der Waals surface area contributed by atoms with Gasteiger partial charge < -0.3 is 14.6 Å². The Labute approximate surface area is 127 Å². The minimum atomic E-state index is -0.379. The minimum absolute atomic E-state index is 0.0600. The Bertz CT molecular complexity index is 430. The molecule has 3 heteroatoms. The van der Waals surface area contributed by atoms with Gasteiger partial charge in [0.1, 0.15) is 0 Å². The molecule has 2 heterocycles. The first-order valence-electron chi connectivity index (χ1n) is 9.14. The molecule has 3 nitrogen and oxygen atoms in total. The molecule has 7 unspecified atom stereocenters. The summed E-state index contributed by atoms with van der Waals surface area (Å²) in [7, 11) is 0. The average molecular weight is 292 g/mol. The van der Waals surface area contributed by atoms with Crippen molar-refractivity contribution in [3.63, 3.8) is 0 Å². The molecule has 5 rings (SSSR count).